The van der Waals surface area contributed by atoms with Crippen LogP contribution in [0, 0.1) is 5.92 Å². The van der Waals surface area contributed by atoms with Gasteiger partial charge in [0.15, 0.2) is 11.5 Å². The first-order chi connectivity index (χ1) is 11.4. The van der Waals surface area contributed by atoms with Gasteiger partial charge in [0.25, 0.3) is 0 Å². The number of rotatable bonds is 6. The number of phenolic OH excluding ortho intramolecular Hbond substituents is 2. The summed E-state index contributed by atoms with van der Waals surface area (Å²) in [6, 6.07) is 2.20. The van der Waals surface area contributed by atoms with Gasteiger partial charge in [-0.3, -0.25) is 4.79 Å². The quantitative estimate of drug-likeness (QED) is 0.494. The third-order valence-electron chi connectivity index (χ3n) is 4.55. The molecule has 24 heavy (non-hydrogen) atoms. The molecule has 7 heteroatoms. The van der Waals surface area contributed by atoms with Gasteiger partial charge in [0.1, 0.15) is 6.04 Å². The van der Waals surface area contributed by atoms with Crippen LogP contribution in [0.15, 0.2) is 18.2 Å². The summed E-state index contributed by atoms with van der Waals surface area (Å²) in [4.78, 5) is 23.7. The van der Waals surface area contributed by atoms with E-state index in [-0.39, 0.29) is 23.8 Å². The van der Waals surface area contributed by atoms with Crippen molar-refractivity contribution in [2.45, 2.75) is 50.6 Å². The van der Waals surface area contributed by atoms with E-state index in [1.165, 1.54) is 18.2 Å². The molecule has 132 valence electrons. The van der Waals surface area contributed by atoms with Gasteiger partial charge in [0, 0.05) is 6.42 Å². The van der Waals surface area contributed by atoms with E-state index in [2.05, 4.69) is 5.32 Å². The average molecular weight is 336 g/mol. The number of nitrogens with one attached hydrogen (secondary N) is 1. The summed E-state index contributed by atoms with van der Waals surface area (Å²) >= 11 is 0. The maximum absolute atomic E-state index is 12.3. The summed E-state index contributed by atoms with van der Waals surface area (Å²) in [6.07, 6.45) is 5.00. The summed E-state index contributed by atoms with van der Waals surface area (Å²) in [5, 5.41) is 30.6. The SMILES string of the molecule is N[C@H](C(=O)NC(Cc1ccc(O)c(O)c1)C(=O)O)C1CCCCC1. The molecule has 1 fully saturated rings. The molecule has 1 amide bonds. The Morgan fingerprint density at radius 1 is 1.17 bits per heavy atom. The van der Waals surface area contributed by atoms with E-state index in [0.29, 0.717) is 5.56 Å². The van der Waals surface area contributed by atoms with E-state index in [1.54, 1.807) is 0 Å². The molecule has 1 aliphatic rings. The predicted molar refractivity (Wildman–Crippen MR) is 87.6 cm³/mol. The van der Waals surface area contributed by atoms with Gasteiger partial charge in [-0.1, -0.05) is 25.3 Å². The monoisotopic (exact) mass is 336 g/mol. The number of benzene rings is 1. The minimum absolute atomic E-state index is 0.00764. The number of carboxylic acid groups (broad SMARTS) is 1. The van der Waals surface area contributed by atoms with Gasteiger partial charge in [0.2, 0.25) is 5.91 Å². The number of nitrogens with two attached hydrogens (primary N) is 1. The van der Waals surface area contributed by atoms with Gasteiger partial charge in [-0.05, 0) is 36.5 Å². The van der Waals surface area contributed by atoms with Crippen LogP contribution < -0.4 is 11.1 Å². The Morgan fingerprint density at radius 2 is 1.83 bits per heavy atom. The maximum Gasteiger partial charge on any atom is 0.326 e. The van der Waals surface area contributed by atoms with Crippen molar-refractivity contribution in [1.29, 1.82) is 0 Å². The Hall–Kier alpha value is -2.28. The lowest BCUT2D eigenvalue weighted by atomic mass is 9.84. The second kappa shape index (κ2) is 8.01. The highest BCUT2D eigenvalue weighted by atomic mass is 16.4. The number of amides is 1. The summed E-state index contributed by atoms with van der Waals surface area (Å²) in [7, 11) is 0. The van der Waals surface area contributed by atoms with Gasteiger partial charge in [-0.15, -0.1) is 0 Å². The first-order valence-corrected chi connectivity index (χ1v) is 8.18. The molecule has 6 N–H and O–H groups in total. The number of aromatic hydroxyl groups is 2. The smallest absolute Gasteiger partial charge is 0.326 e. The average Bonchev–Trinajstić information content (AvgIpc) is 2.57. The molecule has 1 unspecified atom stereocenters. The van der Waals surface area contributed by atoms with Crippen LogP contribution in [-0.4, -0.2) is 39.3 Å². The molecule has 0 aliphatic heterocycles. The molecule has 1 aliphatic carbocycles. The fourth-order valence-electron chi connectivity index (χ4n) is 3.11. The summed E-state index contributed by atoms with van der Waals surface area (Å²) in [5.41, 5.74) is 6.49. The van der Waals surface area contributed by atoms with E-state index in [0.717, 1.165) is 32.1 Å². The Morgan fingerprint density at radius 3 is 2.42 bits per heavy atom. The number of phenols is 2. The molecule has 0 aromatic heterocycles. The molecule has 0 bridgehead atoms. The zero-order chi connectivity index (χ0) is 17.7. The molecule has 2 rings (SSSR count). The Kier molecular flexibility index (Phi) is 6.03. The minimum Gasteiger partial charge on any atom is -0.504 e. The lowest BCUT2D eigenvalue weighted by molar-refractivity contribution is -0.142. The molecule has 0 radical (unpaired) electrons. The van der Waals surface area contributed by atoms with Gasteiger partial charge < -0.3 is 26.4 Å². The van der Waals surface area contributed by atoms with Crippen molar-refractivity contribution in [2.24, 2.45) is 11.7 Å². The van der Waals surface area contributed by atoms with Crippen molar-refractivity contribution in [3.63, 3.8) is 0 Å². The first-order valence-electron chi connectivity index (χ1n) is 8.18. The lowest BCUT2D eigenvalue weighted by Crippen LogP contribution is -2.52. The van der Waals surface area contributed by atoms with Gasteiger partial charge >= 0.3 is 5.97 Å². The van der Waals surface area contributed by atoms with Crippen molar-refractivity contribution in [3.8, 4) is 11.5 Å². The standard InChI is InChI=1S/C17H24N2O5/c18-15(11-4-2-1-3-5-11)16(22)19-12(17(23)24)8-10-6-7-13(20)14(21)9-10/h6-7,9,11-12,15,20-21H,1-5,8,18H2,(H,19,22)(H,23,24)/t12?,15-/m0/s1. The van der Waals surface area contributed by atoms with E-state index in [1.807, 2.05) is 0 Å². The van der Waals surface area contributed by atoms with Crippen LogP contribution in [0.4, 0.5) is 0 Å². The fourth-order valence-corrected chi connectivity index (χ4v) is 3.11. The van der Waals surface area contributed by atoms with Crippen LogP contribution in [0.25, 0.3) is 0 Å². The second-order valence-electron chi connectivity index (χ2n) is 6.35. The number of hydrogen-bond donors (Lipinski definition) is 5. The minimum atomic E-state index is -1.17. The van der Waals surface area contributed by atoms with Crippen molar-refractivity contribution < 1.29 is 24.9 Å². The van der Waals surface area contributed by atoms with Crippen LogP contribution in [0.5, 0.6) is 11.5 Å². The topological polar surface area (TPSA) is 133 Å². The summed E-state index contributed by atoms with van der Waals surface area (Å²) < 4.78 is 0. The number of carbonyl (C=O) groups is 2. The Bertz CT molecular complexity index is 599. The van der Waals surface area contributed by atoms with Crippen LogP contribution in [0.1, 0.15) is 37.7 Å². The molecule has 0 saturated heterocycles. The van der Waals surface area contributed by atoms with E-state index < -0.39 is 24.0 Å². The van der Waals surface area contributed by atoms with Crippen molar-refractivity contribution in [3.05, 3.63) is 23.8 Å². The zero-order valence-corrected chi connectivity index (χ0v) is 13.4. The van der Waals surface area contributed by atoms with Crippen LogP contribution in [-0.2, 0) is 16.0 Å². The number of aliphatic carboxylic acids is 1. The summed E-state index contributed by atoms with van der Waals surface area (Å²) in [5.74, 6) is -2.16. The molecular weight excluding hydrogens is 312 g/mol. The lowest BCUT2D eigenvalue weighted by Gasteiger charge is -2.27. The molecular formula is C17H24N2O5. The predicted octanol–water partition coefficient (Wildman–Crippen LogP) is 1.12. The second-order valence-corrected chi connectivity index (χ2v) is 6.35. The van der Waals surface area contributed by atoms with Crippen molar-refractivity contribution >= 4 is 11.9 Å². The molecule has 0 spiro atoms. The highest BCUT2D eigenvalue weighted by molar-refractivity contribution is 5.87. The Labute approximate surface area is 140 Å². The van der Waals surface area contributed by atoms with Crippen LogP contribution in [0.3, 0.4) is 0 Å². The number of hydrogen-bond acceptors (Lipinski definition) is 5. The van der Waals surface area contributed by atoms with Crippen LogP contribution >= 0.6 is 0 Å². The van der Waals surface area contributed by atoms with Gasteiger partial charge in [-0.25, -0.2) is 4.79 Å². The highest BCUT2D eigenvalue weighted by Gasteiger charge is 2.29. The largest absolute Gasteiger partial charge is 0.504 e. The molecule has 2 atom stereocenters. The van der Waals surface area contributed by atoms with E-state index in [9.17, 15) is 24.9 Å². The normalized spacial score (nSPS) is 17.9. The van der Waals surface area contributed by atoms with E-state index in [4.69, 9.17) is 5.73 Å². The van der Waals surface area contributed by atoms with Crippen LogP contribution in [0.2, 0.25) is 0 Å². The third kappa shape index (κ3) is 4.61. The molecule has 1 aromatic carbocycles. The Balaban J connectivity index is 2.00. The number of carbonyl (C=O) groups excluding carboxylic acids is 1. The molecule has 1 aromatic rings. The maximum atomic E-state index is 12.3. The van der Waals surface area contributed by atoms with Crippen molar-refractivity contribution in [2.75, 3.05) is 0 Å². The first kappa shape index (κ1) is 18.1. The number of carboxylic acids is 1. The van der Waals surface area contributed by atoms with Gasteiger partial charge in [-0.2, -0.15) is 0 Å². The zero-order valence-electron chi connectivity index (χ0n) is 13.4. The molecule has 7 nitrogen and oxygen atoms in total. The fraction of sp³-hybridized carbons (Fsp3) is 0.529. The van der Waals surface area contributed by atoms with Gasteiger partial charge in [0.05, 0.1) is 6.04 Å². The molecule has 1 saturated carbocycles. The van der Waals surface area contributed by atoms with E-state index >= 15 is 0 Å². The molecule has 0 heterocycles. The van der Waals surface area contributed by atoms with Crippen molar-refractivity contribution in [1.82, 2.24) is 5.32 Å². The third-order valence-corrected chi connectivity index (χ3v) is 4.55. The summed E-state index contributed by atoms with van der Waals surface area (Å²) in [6.45, 7) is 0. The highest BCUT2D eigenvalue weighted by Crippen LogP contribution is 2.27.